The third-order valence-corrected chi connectivity index (χ3v) is 3.43. The largest absolute Gasteiger partial charge is 0.467 e. The van der Waals surface area contributed by atoms with Crippen LogP contribution in [0.3, 0.4) is 0 Å². The van der Waals surface area contributed by atoms with E-state index in [2.05, 4.69) is 10.3 Å². The van der Waals surface area contributed by atoms with Crippen molar-refractivity contribution >= 4 is 22.8 Å². The van der Waals surface area contributed by atoms with Crippen molar-refractivity contribution in [1.82, 2.24) is 10.3 Å². The number of carbonyl (C=O) groups is 2. The normalized spacial score (nSPS) is 12.4. The number of carbonyl (C=O) groups excluding carboxylic acids is 2. The monoisotopic (exact) mass is 288 g/mol. The van der Waals surface area contributed by atoms with Gasteiger partial charge in [-0.1, -0.05) is 26.0 Å². The van der Waals surface area contributed by atoms with Crippen LogP contribution >= 0.6 is 0 Å². The quantitative estimate of drug-likeness (QED) is 0.849. The number of methoxy groups -OCH3 is 1. The highest BCUT2D eigenvalue weighted by Gasteiger charge is 2.25. The summed E-state index contributed by atoms with van der Waals surface area (Å²) < 4.78 is 4.72. The van der Waals surface area contributed by atoms with Gasteiger partial charge in [0, 0.05) is 10.9 Å². The lowest BCUT2D eigenvalue weighted by atomic mass is 10.0. The summed E-state index contributed by atoms with van der Waals surface area (Å²) in [5.41, 5.74) is 2.45. The molecule has 1 amide bonds. The summed E-state index contributed by atoms with van der Waals surface area (Å²) >= 11 is 0. The highest BCUT2D eigenvalue weighted by atomic mass is 16.5. The Hall–Kier alpha value is -2.30. The van der Waals surface area contributed by atoms with Crippen LogP contribution in [0.1, 0.15) is 29.9 Å². The minimum atomic E-state index is -0.657. The summed E-state index contributed by atoms with van der Waals surface area (Å²) in [7, 11) is 1.32. The molecule has 1 aromatic carbocycles. The Kier molecular flexibility index (Phi) is 4.31. The molecule has 0 fully saturated rings. The molecule has 0 saturated heterocycles. The van der Waals surface area contributed by atoms with E-state index in [0.29, 0.717) is 5.69 Å². The molecule has 0 aliphatic carbocycles. The Bertz CT molecular complexity index is 673. The maximum atomic E-state index is 12.3. The van der Waals surface area contributed by atoms with Crippen molar-refractivity contribution in [3.63, 3.8) is 0 Å². The van der Waals surface area contributed by atoms with Gasteiger partial charge in [-0.2, -0.15) is 0 Å². The molecule has 0 aliphatic rings. The Morgan fingerprint density at radius 3 is 2.57 bits per heavy atom. The van der Waals surface area contributed by atoms with Gasteiger partial charge >= 0.3 is 5.97 Å². The number of aryl methyl sites for hydroxylation is 1. The van der Waals surface area contributed by atoms with Crippen molar-refractivity contribution in [3.8, 4) is 0 Å². The van der Waals surface area contributed by atoms with E-state index in [1.54, 1.807) is 6.07 Å². The third-order valence-electron chi connectivity index (χ3n) is 3.43. The SMILES string of the molecule is COC(=O)C(NC(=O)c1cc2ccc(C)cc2[nH]1)C(C)C. The molecular formula is C16H20N2O3. The molecule has 112 valence electrons. The fourth-order valence-corrected chi connectivity index (χ4v) is 2.21. The molecule has 1 unspecified atom stereocenters. The summed E-state index contributed by atoms with van der Waals surface area (Å²) in [5.74, 6) is -0.800. The predicted octanol–water partition coefficient (Wildman–Crippen LogP) is 2.40. The van der Waals surface area contributed by atoms with Gasteiger partial charge in [0.25, 0.3) is 5.91 Å². The zero-order chi connectivity index (χ0) is 15.6. The van der Waals surface area contributed by atoms with E-state index in [-0.39, 0.29) is 11.8 Å². The number of esters is 1. The van der Waals surface area contributed by atoms with Crippen LogP contribution in [-0.4, -0.2) is 30.0 Å². The van der Waals surface area contributed by atoms with Crippen LogP contribution in [0.4, 0.5) is 0 Å². The fraction of sp³-hybridized carbons (Fsp3) is 0.375. The van der Waals surface area contributed by atoms with Gasteiger partial charge in [0.05, 0.1) is 7.11 Å². The number of aromatic amines is 1. The number of hydrogen-bond donors (Lipinski definition) is 2. The predicted molar refractivity (Wildman–Crippen MR) is 81.1 cm³/mol. The molecule has 21 heavy (non-hydrogen) atoms. The lowest BCUT2D eigenvalue weighted by Gasteiger charge is -2.19. The Labute approximate surface area is 123 Å². The van der Waals surface area contributed by atoms with Crippen molar-refractivity contribution in [2.24, 2.45) is 5.92 Å². The number of amides is 1. The zero-order valence-electron chi connectivity index (χ0n) is 12.7. The fourth-order valence-electron chi connectivity index (χ4n) is 2.21. The second-order valence-electron chi connectivity index (χ2n) is 5.49. The molecule has 5 heteroatoms. The molecule has 2 N–H and O–H groups in total. The van der Waals surface area contributed by atoms with E-state index in [1.807, 2.05) is 39.0 Å². The topological polar surface area (TPSA) is 71.2 Å². The Morgan fingerprint density at radius 2 is 1.95 bits per heavy atom. The molecular weight excluding hydrogens is 268 g/mol. The lowest BCUT2D eigenvalue weighted by molar-refractivity contribution is -0.144. The number of nitrogens with one attached hydrogen (secondary N) is 2. The average Bonchev–Trinajstić information content (AvgIpc) is 2.86. The van der Waals surface area contributed by atoms with Crippen LogP contribution in [-0.2, 0) is 9.53 Å². The van der Waals surface area contributed by atoms with Crippen molar-refractivity contribution in [2.45, 2.75) is 26.8 Å². The van der Waals surface area contributed by atoms with Gasteiger partial charge in [-0.25, -0.2) is 4.79 Å². The standard InChI is InChI=1S/C16H20N2O3/c1-9(2)14(16(20)21-4)18-15(19)13-8-11-6-5-10(3)7-12(11)17-13/h5-9,14,17H,1-4H3,(H,18,19). The molecule has 1 heterocycles. The van der Waals surface area contributed by atoms with Gasteiger partial charge < -0.3 is 15.0 Å². The Morgan fingerprint density at radius 1 is 1.24 bits per heavy atom. The van der Waals surface area contributed by atoms with Crippen LogP contribution in [0, 0.1) is 12.8 Å². The van der Waals surface area contributed by atoms with Crippen LogP contribution in [0.25, 0.3) is 10.9 Å². The number of rotatable bonds is 4. The summed E-state index contributed by atoms with van der Waals surface area (Å²) in [5, 5.41) is 3.68. The van der Waals surface area contributed by atoms with E-state index in [4.69, 9.17) is 4.74 Å². The maximum absolute atomic E-state index is 12.3. The van der Waals surface area contributed by atoms with Crippen LogP contribution < -0.4 is 5.32 Å². The molecule has 0 aliphatic heterocycles. The number of hydrogen-bond acceptors (Lipinski definition) is 3. The van der Waals surface area contributed by atoms with E-state index >= 15 is 0 Å². The van der Waals surface area contributed by atoms with E-state index in [1.165, 1.54) is 7.11 Å². The second-order valence-corrected chi connectivity index (χ2v) is 5.49. The molecule has 0 spiro atoms. The molecule has 0 bridgehead atoms. The maximum Gasteiger partial charge on any atom is 0.328 e. The minimum Gasteiger partial charge on any atom is -0.467 e. The van der Waals surface area contributed by atoms with Gasteiger partial charge in [-0.05, 0) is 30.5 Å². The molecule has 5 nitrogen and oxygen atoms in total. The van der Waals surface area contributed by atoms with Crippen molar-refractivity contribution < 1.29 is 14.3 Å². The zero-order valence-corrected chi connectivity index (χ0v) is 12.7. The lowest BCUT2D eigenvalue weighted by Crippen LogP contribution is -2.45. The molecule has 1 atom stereocenters. The summed E-state index contributed by atoms with van der Waals surface area (Å²) in [6, 6.07) is 7.04. The van der Waals surface area contributed by atoms with E-state index in [0.717, 1.165) is 16.5 Å². The Balaban J connectivity index is 2.23. The van der Waals surface area contributed by atoms with Crippen LogP contribution in [0.2, 0.25) is 0 Å². The third kappa shape index (κ3) is 3.24. The van der Waals surface area contributed by atoms with Crippen LogP contribution in [0.15, 0.2) is 24.3 Å². The summed E-state index contributed by atoms with van der Waals surface area (Å²) in [6.45, 7) is 5.71. The highest BCUT2D eigenvalue weighted by Crippen LogP contribution is 2.17. The molecule has 2 rings (SSSR count). The summed E-state index contributed by atoms with van der Waals surface area (Å²) in [4.78, 5) is 27.0. The second kappa shape index (κ2) is 5.99. The number of ether oxygens (including phenoxy) is 1. The average molecular weight is 288 g/mol. The number of fused-ring (bicyclic) bond motifs is 1. The van der Waals surface area contributed by atoms with E-state index in [9.17, 15) is 9.59 Å². The smallest absolute Gasteiger partial charge is 0.328 e. The van der Waals surface area contributed by atoms with Crippen molar-refractivity contribution in [1.29, 1.82) is 0 Å². The first-order valence-corrected chi connectivity index (χ1v) is 6.90. The van der Waals surface area contributed by atoms with Crippen molar-refractivity contribution in [2.75, 3.05) is 7.11 Å². The van der Waals surface area contributed by atoms with Gasteiger partial charge in [0.15, 0.2) is 0 Å². The van der Waals surface area contributed by atoms with E-state index < -0.39 is 12.0 Å². The number of benzene rings is 1. The van der Waals surface area contributed by atoms with Gasteiger partial charge in [-0.15, -0.1) is 0 Å². The van der Waals surface area contributed by atoms with Crippen molar-refractivity contribution in [3.05, 3.63) is 35.5 Å². The first-order valence-electron chi connectivity index (χ1n) is 6.90. The molecule has 0 radical (unpaired) electrons. The summed E-state index contributed by atoms with van der Waals surface area (Å²) in [6.07, 6.45) is 0. The minimum absolute atomic E-state index is 0.0481. The number of aromatic nitrogens is 1. The van der Waals surface area contributed by atoms with Crippen LogP contribution in [0.5, 0.6) is 0 Å². The molecule has 1 aromatic heterocycles. The van der Waals surface area contributed by atoms with Gasteiger partial charge in [-0.3, -0.25) is 4.79 Å². The first kappa shape index (κ1) is 15.1. The highest BCUT2D eigenvalue weighted by molar-refractivity contribution is 5.99. The van der Waals surface area contributed by atoms with Gasteiger partial charge in [0.1, 0.15) is 11.7 Å². The number of H-pyrrole nitrogens is 1. The van der Waals surface area contributed by atoms with Gasteiger partial charge in [0.2, 0.25) is 0 Å². The molecule has 2 aromatic rings. The molecule has 0 saturated carbocycles. The first-order chi connectivity index (χ1) is 9.92.